The Hall–Kier alpha value is -3.49. The number of benzene rings is 1. The van der Waals surface area contributed by atoms with Crippen LogP contribution in [0.15, 0.2) is 64.2 Å². The summed E-state index contributed by atoms with van der Waals surface area (Å²) in [6.07, 6.45) is 10.1. The molecule has 3 aromatic heterocycles. The van der Waals surface area contributed by atoms with E-state index in [1.54, 1.807) is 0 Å². The maximum Gasteiger partial charge on any atom is 0.274 e. The number of nitrogens with zero attached hydrogens (tertiary/aromatic N) is 4. The molecule has 1 atom stereocenters. The van der Waals surface area contributed by atoms with Crippen molar-refractivity contribution in [1.29, 1.82) is 0 Å². The van der Waals surface area contributed by atoms with Crippen molar-refractivity contribution >= 4 is 17.1 Å². The molecule has 3 N–H and O–H groups in total. The Balaban J connectivity index is 0.00000111. The van der Waals surface area contributed by atoms with E-state index in [-0.39, 0.29) is 6.04 Å². The second kappa shape index (κ2) is 9.56. The molecule has 0 spiro atoms. The zero-order valence-corrected chi connectivity index (χ0v) is 18.3. The summed E-state index contributed by atoms with van der Waals surface area (Å²) in [6, 6.07) is 16.4. The molecule has 0 radical (unpaired) electrons. The minimum atomic E-state index is 0.175. The standard InChI is InChI=1S/C25H24N4O2.H3NO/c1-2-7-18(8-3-1)24(29-22-15-27-25(22)31-29)19-11-13-23(26-14-19)30-16-20-12-10-17-6-4-5-9-21(17)28-20;1-2/h4-6,9-15,18,24H,1-3,7-8,16H2;2H,1H2. The van der Waals surface area contributed by atoms with Gasteiger partial charge in [0.2, 0.25) is 5.88 Å². The third kappa shape index (κ3) is 4.27. The third-order valence-corrected chi connectivity index (χ3v) is 6.42. The summed E-state index contributed by atoms with van der Waals surface area (Å²) in [6.45, 7) is 0.394. The number of para-hydroxylation sites is 1. The lowest BCUT2D eigenvalue weighted by atomic mass is 9.81. The Morgan fingerprint density at radius 3 is 2.61 bits per heavy atom. The van der Waals surface area contributed by atoms with Crippen molar-refractivity contribution < 1.29 is 14.5 Å². The van der Waals surface area contributed by atoms with Gasteiger partial charge in [-0.25, -0.2) is 20.9 Å². The number of aromatic nitrogens is 3. The van der Waals surface area contributed by atoms with E-state index >= 15 is 0 Å². The van der Waals surface area contributed by atoms with Gasteiger partial charge in [0.1, 0.15) is 6.61 Å². The fraction of sp³-hybridized carbons (Fsp3) is 0.320. The quantitative estimate of drug-likeness (QED) is 0.440. The van der Waals surface area contributed by atoms with Gasteiger partial charge in [0.25, 0.3) is 5.55 Å². The predicted molar refractivity (Wildman–Crippen MR) is 123 cm³/mol. The SMILES string of the molecule is C1=c2c(on2C(c2ccc(OCc3ccc4ccccc4n3)nc2)C2CCCCC2)=N1.NO. The molecule has 8 heteroatoms. The fourth-order valence-corrected chi connectivity index (χ4v) is 4.74. The molecule has 8 nitrogen and oxygen atoms in total. The van der Waals surface area contributed by atoms with Gasteiger partial charge in [0.05, 0.1) is 23.5 Å². The molecule has 33 heavy (non-hydrogen) atoms. The van der Waals surface area contributed by atoms with Crippen molar-refractivity contribution in [3.63, 3.8) is 0 Å². The van der Waals surface area contributed by atoms with Gasteiger partial charge in [-0.2, -0.15) is 4.74 Å². The number of fused-ring (bicyclic) bond motifs is 2. The van der Waals surface area contributed by atoms with E-state index < -0.39 is 0 Å². The van der Waals surface area contributed by atoms with Gasteiger partial charge in [-0.1, -0.05) is 43.5 Å². The monoisotopic (exact) mass is 445 g/mol. The molecule has 6 rings (SSSR count). The van der Waals surface area contributed by atoms with Crippen molar-refractivity contribution in [2.24, 2.45) is 16.8 Å². The van der Waals surface area contributed by atoms with Crippen LogP contribution in [-0.4, -0.2) is 19.9 Å². The summed E-state index contributed by atoms with van der Waals surface area (Å²) >= 11 is 0. The van der Waals surface area contributed by atoms with Gasteiger partial charge >= 0.3 is 0 Å². The molecule has 2 aliphatic rings. The highest BCUT2D eigenvalue weighted by Gasteiger charge is 2.31. The first-order chi connectivity index (χ1) is 16.3. The molecule has 4 heterocycles. The number of nitrogens with two attached hydrogens (primary N) is 1. The van der Waals surface area contributed by atoms with E-state index in [1.807, 2.05) is 47.5 Å². The first kappa shape index (κ1) is 21.4. The summed E-state index contributed by atoms with van der Waals surface area (Å²) in [5.41, 5.74) is 3.79. The summed E-state index contributed by atoms with van der Waals surface area (Å²) in [4.78, 5) is 13.4. The molecule has 170 valence electrons. The fourth-order valence-electron chi connectivity index (χ4n) is 4.74. The molecule has 0 bridgehead atoms. The van der Waals surface area contributed by atoms with E-state index in [0.717, 1.165) is 33.1 Å². The van der Waals surface area contributed by atoms with Crippen LogP contribution in [-0.2, 0) is 6.61 Å². The van der Waals surface area contributed by atoms with Crippen molar-refractivity contribution in [2.75, 3.05) is 0 Å². The largest absolute Gasteiger partial charge is 0.471 e. The van der Waals surface area contributed by atoms with Gasteiger partial charge < -0.3 is 14.5 Å². The van der Waals surface area contributed by atoms with Gasteiger partial charge in [-0.3, -0.25) is 0 Å². The summed E-state index contributed by atoms with van der Waals surface area (Å²) in [5, 5.41) is 8.74. The van der Waals surface area contributed by atoms with Crippen molar-refractivity contribution in [3.8, 4) is 5.88 Å². The second-order valence-corrected chi connectivity index (χ2v) is 8.42. The molecule has 1 aromatic carbocycles. The topological polar surface area (TPSA) is 112 Å². The van der Waals surface area contributed by atoms with Gasteiger partial charge in [-0.05, 0) is 42.5 Å². The minimum Gasteiger partial charge on any atom is -0.471 e. The summed E-state index contributed by atoms with van der Waals surface area (Å²) < 4.78 is 13.8. The highest BCUT2D eigenvalue weighted by Crippen LogP contribution is 2.36. The van der Waals surface area contributed by atoms with Crippen LogP contribution in [0.25, 0.3) is 17.1 Å². The van der Waals surface area contributed by atoms with Gasteiger partial charge in [0, 0.05) is 17.6 Å². The molecule has 1 aliphatic carbocycles. The molecule has 1 saturated carbocycles. The summed E-state index contributed by atoms with van der Waals surface area (Å²) in [5.74, 6) is 4.67. The van der Waals surface area contributed by atoms with Crippen LogP contribution in [0.5, 0.6) is 5.88 Å². The molecule has 4 aromatic rings. The van der Waals surface area contributed by atoms with E-state index in [0.29, 0.717) is 18.4 Å². The third-order valence-electron chi connectivity index (χ3n) is 6.42. The molecule has 1 unspecified atom stereocenters. The van der Waals surface area contributed by atoms with Crippen LogP contribution in [0.3, 0.4) is 0 Å². The van der Waals surface area contributed by atoms with Crippen LogP contribution >= 0.6 is 0 Å². The van der Waals surface area contributed by atoms with Crippen molar-refractivity contribution in [2.45, 2.75) is 44.8 Å². The van der Waals surface area contributed by atoms with Crippen molar-refractivity contribution in [1.82, 2.24) is 14.7 Å². The Morgan fingerprint density at radius 1 is 1.06 bits per heavy atom. The van der Waals surface area contributed by atoms with E-state index in [4.69, 9.17) is 14.5 Å². The highest BCUT2D eigenvalue weighted by molar-refractivity contribution is 5.78. The molecular formula is C25H27N5O3. The Labute approximate surface area is 191 Å². The average Bonchev–Trinajstić information content (AvgIpc) is 2.88. The first-order valence-corrected chi connectivity index (χ1v) is 11.3. The Kier molecular flexibility index (Phi) is 6.19. The maximum absolute atomic E-state index is 6.50. The molecular weight excluding hydrogens is 418 g/mol. The summed E-state index contributed by atoms with van der Waals surface area (Å²) in [7, 11) is 0. The van der Waals surface area contributed by atoms with Crippen LogP contribution in [0.2, 0.25) is 0 Å². The zero-order chi connectivity index (χ0) is 22.6. The number of hydrogen-bond acceptors (Lipinski definition) is 7. The van der Waals surface area contributed by atoms with Crippen LogP contribution < -0.4 is 21.5 Å². The average molecular weight is 446 g/mol. The Morgan fingerprint density at radius 2 is 1.91 bits per heavy atom. The molecule has 0 saturated heterocycles. The number of rotatable bonds is 6. The number of ether oxygens (including phenoxy) is 1. The lowest BCUT2D eigenvalue weighted by Gasteiger charge is -2.33. The smallest absolute Gasteiger partial charge is 0.274 e. The maximum atomic E-state index is 6.50. The van der Waals surface area contributed by atoms with Crippen molar-refractivity contribution in [3.05, 3.63) is 76.9 Å². The van der Waals surface area contributed by atoms with Crippen LogP contribution in [0.1, 0.15) is 49.4 Å². The van der Waals surface area contributed by atoms with E-state index in [2.05, 4.69) is 39.1 Å². The van der Waals surface area contributed by atoms with E-state index in [1.165, 1.54) is 32.1 Å². The Bertz CT molecular complexity index is 1340. The zero-order valence-electron chi connectivity index (χ0n) is 18.3. The second-order valence-electron chi connectivity index (χ2n) is 8.42. The number of pyridine rings is 2. The van der Waals surface area contributed by atoms with Crippen LogP contribution in [0, 0.1) is 5.92 Å². The highest BCUT2D eigenvalue weighted by atomic mass is 16.5. The van der Waals surface area contributed by atoms with E-state index in [9.17, 15) is 0 Å². The lowest BCUT2D eigenvalue weighted by molar-refractivity contribution is 0.0936. The molecule has 1 aliphatic heterocycles. The minimum absolute atomic E-state index is 0.175. The molecule has 1 fully saturated rings. The molecule has 0 amide bonds. The number of hydrogen-bond donors (Lipinski definition) is 2. The van der Waals surface area contributed by atoms with Gasteiger partial charge in [-0.15, -0.1) is 0 Å². The first-order valence-electron chi connectivity index (χ1n) is 11.3. The lowest BCUT2D eigenvalue weighted by Crippen LogP contribution is -2.50. The van der Waals surface area contributed by atoms with Gasteiger partial charge in [0.15, 0.2) is 5.35 Å². The predicted octanol–water partition coefficient (Wildman–Crippen LogP) is 3.48. The normalized spacial score (nSPS) is 15.9. The van der Waals surface area contributed by atoms with Crippen LogP contribution in [0.4, 0.5) is 0 Å².